The second-order valence-corrected chi connectivity index (χ2v) is 2.30. The van der Waals surface area contributed by atoms with Crippen molar-refractivity contribution in [3.8, 4) is 0 Å². The molecule has 0 unspecified atom stereocenters. The lowest BCUT2D eigenvalue weighted by molar-refractivity contribution is -0.338. The van der Waals surface area contributed by atoms with E-state index in [2.05, 4.69) is 0 Å². The van der Waals surface area contributed by atoms with Crippen LogP contribution in [0.15, 0.2) is 0 Å². The summed E-state index contributed by atoms with van der Waals surface area (Å²) in [6, 6.07) is 0. The summed E-state index contributed by atoms with van der Waals surface area (Å²) in [4.78, 5) is 6.73. The largest absolute Gasteiger partial charge is 0.308 e. The Morgan fingerprint density at radius 3 is 2.30 bits per heavy atom. The minimum atomic E-state index is 0.504. The molecule has 0 bridgehead atoms. The molecule has 62 valence electrons. The monoisotopic (exact) mass is 148 g/mol. The molecule has 0 aliphatic rings. The van der Waals surface area contributed by atoms with Crippen LogP contribution in [0.3, 0.4) is 0 Å². The van der Waals surface area contributed by atoms with Gasteiger partial charge in [0.2, 0.25) is 0 Å². The minimum absolute atomic E-state index is 0.504. The summed E-state index contributed by atoms with van der Waals surface area (Å²) in [7, 11) is 3.89. The summed E-state index contributed by atoms with van der Waals surface area (Å²) in [6.07, 6.45) is 0. The van der Waals surface area contributed by atoms with Crippen LogP contribution in [0.5, 0.6) is 0 Å². The zero-order valence-corrected chi connectivity index (χ0v) is 6.87. The second kappa shape index (κ2) is 5.61. The van der Waals surface area contributed by atoms with Crippen LogP contribution in [0.1, 0.15) is 6.92 Å². The smallest absolute Gasteiger partial charge is 0.0683 e. The fourth-order valence-electron chi connectivity index (χ4n) is 0.499. The van der Waals surface area contributed by atoms with E-state index in [0.717, 1.165) is 11.8 Å². The maximum absolute atomic E-state index is 8.88. The summed E-state index contributed by atoms with van der Waals surface area (Å²) < 4.78 is 0. The molecule has 0 amide bonds. The van der Waals surface area contributed by atoms with Gasteiger partial charge in [-0.2, -0.15) is 0 Å². The van der Waals surface area contributed by atoms with E-state index in [1.165, 1.54) is 0 Å². The van der Waals surface area contributed by atoms with E-state index in [9.17, 15) is 0 Å². The molecule has 0 aliphatic heterocycles. The van der Waals surface area contributed by atoms with Gasteiger partial charge >= 0.3 is 0 Å². The van der Waals surface area contributed by atoms with E-state index in [-0.39, 0.29) is 0 Å². The third-order valence-corrected chi connectivity index (χ3v) is 1.02. The zero-order chi connectivity index (χ0) is 7.98. The van der Waals surface area contributed by atoms with Crippen molar-refractivity contribution >= 4 is 0 Å². The van der Waals surface area contributed by atoms with Crippen LogP contribution in [0.2, 0.25) is 0 Å². The molecule has 10 heavy (non-hydrogen) atoms. The van der Waals surface area contributed by atoms with Crippen molar-refractivity contribution in [1.82, 2.24) is 10.1 Å². The summed E-state index contributed by atoms with van der Waals surface area (Å²) >= 11 is 0. The molecule has 0 aliphatic carbocycles. The lowest BCUT2D eigenvalue weighted by Gasteiger charge is -2.15. The summed E-state index contributed by atoms with van der Waals surface area (Å²) in [5.41, 5.74) is 0. The van der Waals surface area contributed by atoms with Crippen molar-refractivity contribution in [3.05, 3.63) is 0 Å². The summed E-state index contributed by atoms with van der Waals surface area (Å²) in [5, 5.41) is 9.74. The molecule has 0 spiro atoms. The topological polar surface area (TPSA) is 35.9 Å². The molecular formula is C6H16N2O2. The quantitative estimate of drug-likeness (QED) is 0.565. The SMILES string of the molecule is CCON(O)CCN(C)C. The lowest BCUT2D eigenvalue weighted by Crippen LogP contribution is -2.29. The molecule has 0 fully saturated rings. The molecule has 0 aromatic carbocycles. The Hall–Kier alpha value is -0.160. The average Bonchev–Trinajstić information content (AvgIpc) is 1.85. The Labute approximate surface area is 61.9 Å². The van der Waals surface area contributed by atoms with Gasteiger partial charge in [-0.1, -0.05) is 5.23 Å². The maximum Gasteiger partial charge on any atom is 0.0683 e. The maximum atomic E-state index is 8.88. The van der Waals surface area contributed by atoms with E-state index in [1.807, 2.05) is 25.9 Å². The van der Waals surface area contributed by atoms with Crippen molar-refractivity contribution in [2.45, 2.75) is 6.92 Å². The predicted molar refractivity (Wildman–Crippen MR) is 38.7 cm³/mol. The van der Waals surface area contributed by atoms with Crippen LogP contribution in [-0.2, 0) is 4.84 Å². The highest BCUT2D eigenvalue weighted by molar-refractivity contribution is 4.40. The molecule has 0 aromatic rings. The first-order valence-electron chi connectivity index (χ1n) is 3.41. The first kappa shape index (κ1) is 9.84. The van der Waals surface area contributed by atoms with Gasteiger partial charge in [-0.25, -0.2) is 0 Å². The van der Waals surface area contributed by atoms with Gasteiger partial charge in [0.25, 0.3) is 0 Å². The highest BCUT2D eigenvalue weighted by Gasteiger charge is 1.98. The van der Waals surface area contributed by atoms with E-state index < -0.39 is 0 Å². The molecular weight excluding hydrogens is 132 g/mol. The fraction of sp³-hybridized carbons (Fsp3) is 1.00. The van der Waals surface area contributed by atoms with Crippen molar-refractivity contribution in [3.63, 3.8) is 0 Å². The van der Waals surface area contributed by atoms with Crippen molar-refractivity contribution < 1.29 is 10.0 Å². The molecule has 0 heterocycles. The van der Waals surface area contributed by atoms with Gasteiger partial charge in [0.05, 0.1) is 13.2 Å². The first-order valence-corrected chi connectivity index (χ1v) is 3.41. The number of hydrogen-bond acceptors (Lipinski definition) is 4. The van der Waals surface area contributed by atoms with Crippen LogP contribution >= 0.6 is 0 Å². The Bertz CT molecular complexity index is 78.1. The van der Waals surface area contributed by atoms with E-state index >= 15 is 0 Å². The number of rotatable bonds is 5. The van der Waals surface area contributed by atoms with Gasteiger partial charge in [0.1, 0.15) is 0 Å². The van der Waals surface area contributed by atoms with E-state index in [1.54, 1.807) is 0 Å². The van der Waals surface area contributed by atoms with Gasteiger partial charge in [-0.15, -0.1) is 0 Å². The number of hydrogen-bond donors (Lipinski definition) is 1. The normalized spacial score (nSPS) is 11.4. The lowest BCUT2D eigenvalue weighted by atomic mass is 10.6. The van der Waals surface area contributed by atoms with Crippen molar-refractivity contribution in [1.29, 1.82) is 0 Å². The van der Waals surface area contributed by atoms with Crippen LogP contribution in [0.25, 0.3) is 0 Å². The van der Waals surface area contributed by atoms with Crippen LogP contribution in [0, 0.1) is 0 Å². The van der Waals surface area contributed by atoms with E-state index in [4.69, 9.17) is 10.0 Å². The van der Waals surface area contributed by atoms with Gasteiger partial charge in [0.15, 0.2) is 0 Å². The molecule has 0 radical (unpaired) electrons. The van der Waals surface area contributed by atoms with Crippen molar-refractivity contribution in [2.24, 2.45) is 0 Å². The molecule has 4 heteroatoms. The Balaban J connectivity index is 3.12. The number of likely N-dealkylation sites (N-methyl/N-ethyl adjacent to an activating group) is 1. The standard InChI is InChI=1S/C6H16N2O2/c1-4-10-8(9)6-5-7(2)3/h9H,4-6H2,1-3H3. The van der Waals surface area contributed by atoms with Gasteiger partial charge < -0.3 is 4.90 Å². The molecule has 0 aromatic heterocycles. The van der Waals surface area contributed by atoms with Gasteiger partial charge in [-0.3, -0.25) is 10.0 Å². The second-order valence-electron chi connectivity index (χ2n) is 2.30. The highest BCUT2D eigenvalue weighted by atomic mass is 16.9. The van der Waals surface area contributed by atoms with Crippen LogP contribution < -0.4 is 0 Å². The zero-order valence-electron chi connectivity index (χ0n) is 6.87. The van der Waals surface area contributed by atoms with Crippen molar-refractivity contribution in [2.75, 3.05) is 33.8 Å². The highest BCUT2D eigenvalue weighted by Crippen LogP contribution is 1.84. The summed E-state index contributed by atoms with van der Waals surface area (Å²) in [5.74, 6) is 0. The molecule has 4 nitrogen and oxygen atoms in total. The Morgan fingerprint density at radius 2 is 1.90 bits per heavy atom. The molecule has 0 saturated heterocycles. The van der Waals surface area contributed by atoms with Gasteiger partial charge in [-0.05, 0) is 21.0 Å². The predicted octanol–water partition coefficient (Wildman–Crippen LogP) is 0.191. The minimum Gasteiger partial charge on any atom is -0.308 e. The molecule has 1 N–H and O–H groups in total. The third kappa shape index (κ3) is 5.97. The average molecular weight is 148 g/mol. The van der Waals surface area contributed by atoms with Crippen LogP contribution in [-0.4, -0.2) is 49.1 Å². The number of hydroxylamine groups is 2. The molecule has 0 saturated carbocycles. The summed E-state index contributed by atoms with van der Waals surface area (Å²) in [6.45, 7) is 3.64. The first-order chi connectivity index (χ1) is 4.66. The molecule has 0 rings (SSSR count). The Morgan fingerprint density at radius 1 is 1.30 bits per heavy atom. The third-order valence-electron chi connectivity index (χ3n) is 1.02. The molecule has 0 atom stereocenters. The number of nitrogens with zero attached hydrogens (tertiary/aromatic N) is 2. The van der Waals surface area contributed by atoms with Gasteiger partial charge in [0, 0.05) is 6.54 Å². The fourth-order valence-corrected chi connectivity index (χ4v) is 0.499. The van der Waals surface area contributed by atoms with E-state index in [0.29, 0.717) is 13.2 Å². The van der Waals surface area contributed by atoms with Crippen LogP contribution in [0.4, 0.5) is 0 Å². The Kier molecular flexibility index (Phi) is 5.52.